The molecule has 4 heteroatoms. The van der Waals surface area contributed by atoms with E-state index in [0.29, 0.717) is 6.54 Å². The minimum absolute atomic E-state index is 0.0511. The first kappa shape index (κ1) is 18.4. The molecule has 0 aliphatic rings. The molecule has 1 atom stereocenters. The second-order valence-electron chi connectivity index (χ2n) is 6.05. The molecule has 0 fully saturated rings. The Hall–Kier alpha value is -1.94. The smallest absolute Gasteiger partial charge is 0.233 e. The molecular weight excluding hydrogens is 318 g/mol. The molecular formula is C20H25NO2S. The molecule has 0 saturated heterocycles. The van der Waals surface area contributed by atoms with Crippen LogP contribution in [0.15, 0.2) is 41.3 Å². The Labute approximate surface area is 148 Å². The predicted octanol–water partition coefficient (Wildman–Crippen LogP) is 4.42. The topological polar surface area (TPSA) is 38.3 Å². The second kappa shape index (κ2) is 8.25. The number of nitrogens with one attached hydrogen (secondary N) is 1. The number of rotatable bonds is 6. The Kier molecular flexibility index (Phi) is 6.32. The zero-order chi connectivity index (χ0) is 17.7. The van der Waals surface area contributed by atoms with Crippen molar-refractivity contribution >= 4 is 17.7 Å². The number of thioether (sulfide) groups is 1. The summed E-state index contributed by atoms with van der Waals surface area (Å²) in [4.78, 5) is 13.6. The molecule has 3 nitrogen and oxygen atoms in total. The van der Waals surface area contributed by atoms with Gasteiger partial charge in [0.15, 0.2) is 0 Å². The Bertz CT molecular complexity index is 687. The van der Waals surface area contributed by atoms with Crippen LogP contribution in [0.1, 0.15) is 29.2 Å². The van der Waals surface area contributed by atoms with E-state index in [1.54, 1.807) is 18.9 Å². The van der Waals surface area contributed by atoms with Gasteiger partial charge in [0.1, 0.15) is 5.75 Å². The molecule has 2 rings (SSSR count). The van der Waals surface area contributed by atoms with Crippen LogP contribution in [0.3, 0.4) is 0 Å². The van der Waals surface area contributed by atoms with Crippen molar-refractivity contribution in [2.75, 3.05) is 7.11 Å². The minimum atomic E-state index is -0.136. The fourth-order valence-electron chi connectivity index (χ4n) is 2.66. The lowest BCUT2D eigenvalue weighted by atomic mass is 10.1. The quantitative estimate of drug-likeness (QED) is 0.789. The highest BCUT2D eigenvalue weighted by Crippen LogP contribution is 2.30. The van der Waals surface area contributed by atoms with Crippen LogP contribution < -0.4 is 10.1 Å². The fourth-order valence-corrected chi connectivity index (χ4v) is 3.69. The van der Waals surface area contributed by atoms with Gasteiger partial charge in [-0.05, 0) is 56.5 Å². The summed E-state index contributed by atoms with van der Waals surface area (Å²) in [7, 11) is 1.64. The zero-order valence-corrected chi connectivity index (χ0v) is 15.8. The summed E-state index contributed by atoms with van der Waals surface area (Å²) in [5, 5.41) is 2.87. The van der Waals surface area contributed by atoms with Crippen molar-refractivity contribution < 1.29 is 9.53 Å². The molecule has 0 aliphatic heterocycles. The summed E-state index contributed by atoms with van der Waals surface area (Å²) in [6.07, 6.45) is 0. The zero-order valence-electron chi connectivity index (χ0n) is 15.0. The Morgan fingerprint density at radius 1 is 1.12 bits per heavy atom. The van der Waals surface area contributed by atoms with E-state index in [1.165, 1.54) is 21.6 Å². The summed E-state index contributed by atoms with van der Waals surface area (Å²) < 4.78 is 5.14. The number of benzene rings is 2. The van der Waals surface area contributed by atoms with Crippen molar-refractivity contribution in [3.63, 3.8) is 0 Å². The second-order valence-corrected chi connectivity index (χ2v) is 7.40. The maximum absolute atomic E-state index is 12.4. The molecule has 1 amide bonds. The van der Waals surface area contributed by atoms with Crippen LogP contribution in [0.2, 0.25) is 0 Å². The van der Waals surface area contributed by atoms with E-state index in [4.69, 9.17) is 4.74 Å². The summed E-state index contributed by atoms with van der Waals surface area (Å²) in [6, 6.07) is 12.1. The third kappa shape index (κ3) is 4.78. The van der Waals surface area contributed by atoms with E-state index >= 15 is 0 Å². The van der Waals surface area contributed by atoms with Gasteiger partial charge < -0.3 is 10.1 Å². The van der Waals surface area contributed by atoms with Crippen molar-refractivity contribution in [3.05, 3.63) is 58.7 Å². The van der Waals surface area contributed by atoms with Crippen molar-refractivity contribution in [1.29, 1.82) is 0 Å². The van der Waals surface area contributed by atoms with E-state index in [0.717, 1.165) is 11.3 Å². The SMILES string of the molecule is COc1ccc(CNC(=O)C(C)Sc2c(C)cc(C)cc2C)cc1. The minimum Gasteiger partial charge on any atom is -0.497 e. The lowest BCUT2D eigenvalue weighted by Gasteiger charge is -2.16. The van der Waals surface area contributed by atoms with E-state index in [9.17, 15) is 4.79 Å². The van der Waals surface area contributed by atoms with Gasteiger partial charge in [0.25, 0.3) is 0 Å². The Morgan fingerprint density at radius 2 is 1.71 bits per heavy atom. The van der Waals surface area contributed by atoms with E-state index in [2.05, 4.69) is 38.2 Å². The third-order valence-corrected chi connectivity index (χ3v) is 5.34. The summed E-state index contributed by atoms with van der Waals surface area (Å²) >= 11 is 1.62. The standard InChI is InChI=1S/C20H25NO2S/c1-13-10-14(2)19(15(3)11-13)24-16(4)20(22)21-12-17-6-8-18(23-5)9-7-17/h6-11,16H,12H2,1-5H3,(H,21,22). The van der Waals surface area contributed by atoms with Crippen molar-refractivity contribution in [1.82, 2.24) is 5.32 Å². The van der Waals surface area contributed by atoms with Gasteiger partial charge in [-0.2, -0.15) is 0 Å². The first-order valence-electron chi connectivity index (χ1n) is 8.06. The number of amides is 1. The van der Waals surface area contributed by atoms with E-state index < -0.39 is 0 Å². The van der Waals surface area contributed by atoms with Crippen LogP contribution in [-0.2, 0) is 11.3 Å². The number of carbonyl (C=O) groups excluding carboxylic acids is 1. The molecule has 2 aromatic carbocycles. The molecule has 24 heavy (non-hydrogen) atoms. The molecule has 0 aliphatic carbocycles. The fraction of sp³-hybridized carbons (Fsp3) is 0.350. The van der Waals surface area contributed by atoms with Crippen LogP contribution in [0.25, 0.3) is 0 Å². The molecule has 0 heterocycles. The first-order valence-corrected chi connectivity index (χ1v) is 8.94. The van der Waals surface area contributed by atoms with Gasteiger partial charge in [-0.3, -0.25) is 4.79 Å². The molecule has 0 spiro atoms. The summed E-state index contributed by atoms with van der Waals surface area (Å²) in [5.74, 6) is 0.870. The molecule has 0 saturated carbocycles. The van der Waals surface area contributed by atoms with Gasteiger partial charge in [-0.15, -0.1) is 11.8 Å². The van der Waals surface area contributed by atoms with Gasteiger partial charge in [0, 0.05) is 11.4 Å². The third-order valence-electron chi connectivity index (χ3n) is 3.89. The highest BCUT2D eigenvalue weighted by atomic mass is 32.2. The van der Waals surface area contributed by atoms with Gasteiger partial charge in [0.05, 0.1) is 12.4 Å². The van der Waals surface area contributed by atoms with Crippen LogP contribution in [0.5, 0.6) is 5.75 Å². The van der Waals surface area contributed by atoms with Crippen molar-refractivity contribution in [2.24, 2.45) is 0 Å². The summed E-state index contributed by atoms with van der Waals surface area (Å²) in [6.45, 7) is 8.78. The van der Waals surface area contributed by atoms with Crippen LogP contribution in [0.4, 0.5) is 0 Å². The molecule has 2 aromatic rings. The normalized spacial score (nSPS) is 11.9. The van der Waals surface area contributed by atoms with Crippen LogP contribution in [-0.4, -0.2) is 18.3 Å². The number of hydrogen-bond donors (Lipinski definition) is 1. The predicted molar refractivity (Wildman–Crippen MR) is 101 cm³/mol. The summed E-state index contributed by atoms with van der Waals surface area (Å²) in [5.41, 5.74) is 4.77. The lowest BCUT2D eigenvalue weighted by Crippen LogP contribution is -2.30. The van der Waals surface area contributed by atoms with Gasteiger partial charge in [-0.25, -0.2) is 0 Å². The average molecular weight is 343 g/mol. The number of carbonyl (C=O) groups is 1. The highest BCUT2D eigenvalue weighted by molar-refractivity contribution is 8.00. The van der Waals surface area contributed by atoms with Gasteiger partial charge in [-0.1, -0.05) is 29.8 Å². The van der Waals surface area contributed by atoms with Crippen LogP contribution in [0, 0.1) is 20.8 Å². The monoisotopic (exact) mass is 343 g/mol. The molecule has 1 unspecified atom stereocenters. The van der Waals surface area contributed by atoms with Crippen molar-refractivity contribution in [3.8, 4) is 5.75 Å². The van der Waals surface area contributed by atoms with Gasteiger partial charge in [0.2, 0.25) is 5.91 Å². The maximum atomic E-state index is 12.4. The number of ether oxygens (including phenoxy) is 1. The van der Waals surface area contributed by atoms with Crippen LogP contribution >= 0.6 is 11.8 Å². The van der Waals surface area contributed by atoms with Gasteiger partial charge >= 0.3 is 0 Å². The largest absolute Gasteiger partial charge is 0.497 e. The molecule has 0 bridgehead atoms. The first-order chi connectivity index (χ1) is 11.4. The molecule has 1 N–H and O–H groups in total. The van der Waals surface area contributed by atoms with Crippen molar-refractivity contribution in [2.45, 2.75) is 44.4 Å². The number of hydrogen-bond acceptors (Lipinski definition) is 3. The maximum Gasteiger partial charge on any atom is 0.233 e. The molecule has 0 radical (unpaired) electrons. The van der Waals surface area contributed by atoms with E-state index in [1.807, 2.05) is 31.2 Å². The highest BCUT2D eigenvalue weighted by Gasteiger charge is 2.16. The molecule has 0 aromatic heterocycles. The van der Waals surface area contributed by atoms with E-state index in [-0.39, 0.29) is 11.2 Å². The number of aryl methyl sites for hydroxylation is 3. The Balaban J connectivity index is 1.94. The average Bonchev–Trinajstić information content (AvgIpc) is 2.56. The number of methoxy groups -OCH3 is 1. The Morgan fingerprint density at radius 3 is 2.25 bits per heavy atom. The lowest BCUT2D eigenvalue weighted by molar-refractivity contribution is -0.120. The molecule has 128 valence electrons.